The summed E-state index contributed by atoms with van der Waals surface area (Å²) in [5.74, 6) is -0.201. The lowest BCUT2D eigenvalue weighted by atomic mass is 10.0. The van der Waals surface area contributed by atoms with Crippen molar-refractivity contribution in [3.63, 3.8) is 0 Å². The molecule has 1 aromatic carbocycles. The van der Waals surface area contributed by atoms with Crippen molar-refractivity contribution in [3.8, 4) is 0 Å². The number of carbonyl (C=O) groups is 1. The SMILES string of the molecule is COC(=O)CCC(N)Cc1cn(C)c2ccccc12. The topological polar surface area (TPSA) is 57.2 Å². The molecular formula is C15H20N2O2. The van der Waals surface area contributed by atoms with Crippen molar-refractivity contribution in [2.24, 2.45) is 12.8 Å². The third-order valence-corrected chi connectivity index (χ3v) is 3.41. The number of esters is 1. The van der Waals surface area contributed by atoms with E-state index in [9.17, 15) is 4.79 Å². The summed E-state index contributed by atoms with van der Waals surface area (Å²) in [4.78, 5) is 11.1. The Morgan fingerprint density at radius 3 is 2.89 bits per heavy atom. The predicted octanol–water partition coefficient (Wildman–Crippen LogP) is 2.00. The number of rotatable bonds is 5. The highest BCUT2D eigenvalue weighted by Crippen LogP contribution is 2.21. The van der Waals surface area contributed by atoms with Gasteiger partial charge in [0.05, 0.1) is 7.11 Å². The molecule has 0 saturated heterocycles. The Labute approximate surface area is 113 Å². The molecule has 4 nitrogen and oxygen atoms in total. The first-order valence-corrected chi connectivity index (χ1v) is 6.47. The van der Waals surface area contributed by atoms with Crippen LogP contribution in [0.2, 0.25) is 0 Å². The van der Waals surface area contributed by atoms with Gasteiger partial charge in [-0.2, -0.15) is 0 Å². The molecule has 0 bridgehead atoms. The van der Waals surface area contributed by atoms with Gasteiger partial charge in [0.1, 0.15) is 0 Å². The molecule has 0 radical (unpaired) electrons. The van der Waals surface area contributed by atoms with Gasteiger partial charge in [0.2, 0.25) is 0 Å². The molecule has 2 N–H and O–H groups in total. The molecule has 102 valence electrons. The van der Waals surface area contributed by atoms with Crippen LogP contribution in [0.3, 0.4) is 0 Å². The van der Waals surface area contributed by atoms with Crippen LogP contribution < -0.4 is 5.73 Å². The van der Waals surface area contributed by atoms with Gasteiger partial charge >= 0.3 is 5.97 Å². The number of hydrogen-bond donors (Lipinski definition) is 1. The van der Waals surface area contributed by atoms with Crippen molar-refractivity contribution in [1.82, 2.24) is 4.57 Å². The maximum absolute atomic E-state index is 11.1. The predicted molar refractivity (Wildman–Crippen MR) is 75.8 cm³/mol. The Kier molecular flexibility index (Phi) is 4.22. The maximum Gasteiger partial charge on any atom is 0.305 e. The minimum atomic E-state index is -0.201. The summed E-state index contributed by atoms with van der Waals surface area (Å²) in [5, 5.41) is 1.23. The van der Waals surface area contributed by atoms with Gasteiger partial charge in [0.15, 0.2) is 0 Å². The van der Waals surface area contributed by atoms with Gasteiger partial charge in [-0.1, -0.05) is 18.2 Å². The van der Waals surface area contributed by atoms with E-state index in [1.807, 2.05) is 19.2 Å². The molecule has 1 unspecified atom stereocenters. The number of fused-ring (bicyclic) bond motifs is 1. The van der Waals surface area contributed by atoms with Crippen molar-refractivity contribution >= 4 is 16.9 Å². The summed E-state index contributed by atoms with van der Waals surface area (Å²) >= 11 is 0. The van der Waals surface area contributed by atoms with E-state index in [2.05, 4.69) is 27.6 Å². The Morgan fingerprint density at radius 2 is 2.16 bits per heavy atom. The largest absolute Gasteiger partial charge is 0.469 e. The number of benzene rings is 1. The number of nitrogens with zero attached hydrogens (tertiary/aromatic N) is 1. The number of hydrogen-bond acceptors (Lipinski definition) is 3. The lowest BCUT2D eigenvalue weighted by Crippen LogP contribution is -2.24. The van der Waals surface area contributed by atoms with Gasteiger partial charge in [0, 0.05) is 36.6 Å². The first kappa shape index (κ1) is 13.6. The smallest absolute Gasteiger partial charge is 0.305 e. The number of nitrogens with two attached hydrogens (primary N) is 1. The highest BCUT2D eigenvalue weighted by molar-refractivity contribution is 5.83. The molecule has 0 spiro atoms. The van der Waals surface area contributed by atoms with Crippen molar-refractivity contribution in [1.29, 1.82) is 0 Å². The zero-order valence-corrected chi connectivity index (χ0v) is 11.4. The fourth-order valence-corrected chi connectivity index (χ4v) is 2.38. The monoisotopic (exact) mass is 260 g/mol. The molecule has 1 atom stereocenters. The fourth-order valence-electron chi connectivity index (χ4n) is 2.38. The first-order chi connectivity index (χ1) is 9.11. The minimum Gasteiger partial charge on any atom is -0.469 e. The molecule has 1 aromatic heterocycles. The molecule has 4 heteroatoms. The van der Waals surface area contributed by atoms with Crippen LogP contribution in [0.4, 0.5) is 0 Å². The molecule has 0 saturated carbocycles. The third-order valence-electron chi connectivity index (χ3n) is 3.41. The van der Waals surface area contributed by atoms with Crippen LogP contribution in [0.25, 0.3) is 10.9 Å². The van der Waals surface area contributed by atoms with Gasteiger partial charge in [0.25, 0.3) is 0 Å². The highest BCUT2D eigenvalue weighted by Gasteiger charge is 2.12. The van der Waals surface area contributed by atoms with Crippen LogP contribution in [0.5, 0.6) is 0 Å². The van der Waals surface area contributed by atoms with E-state index in [0.29, 0.717) is 12.8 Å². The minimum absolute atomic E-state index is 0.0232. The van der Waals surface area contributed by atoms with Crippen molar-refractivity contribution in [2.75, 3.05) is 7.11 Å². The van der Waals surface area contributed by atoms with Crippen LogP contribution >= 0.6 is 0 Å². The summed E-state index contributed by atoms with van der Waals surface area (Å²) in [6, 6.07) is 8.25. The van der Waals surface area contributed by atoms with E-state index < -0.39 is 0 Å². The number of aryl methyl sites for hydroxylation is 1. The first-order valence-electron chi connectivity index (χ1n) is 6.47. The molecule has 0 aliphatic rings. The summed E-state index contributed by atoms with van der Waals surface area (Å²) in [5.41, 5.74) is 8.53. The van der Waals surface area contributed by atoms with Crippen LogP contribution in [0.15, 0.2) is 30.5 Å². The van der Waals surface area contributed by atoms with E-state index in [1.165, 1.54) is 23.6 Å². The van der Waals surface area contributed by atoms with E-state index in [0.717, 1.165) is 6.42 Å². The Bertz CT molecular complexity index is 575. The molecule has 1 heterocycles. The average Bonchev–Trinajstić information content (AvgIpc) is 2.73. The Hall–Kier alpha value is -1.81. The summed E-state index contributed by atoms with van der Waals surface area (Å²) in [6.45, 7) is 0. The highest BCUT2D eigenvalue weighted by atomic mass is 16.5. The van der Waals surface area contributed by atoms with E-state index in [4.69, 9.17) is 5.73 Å². The Morgan fingerprint density at radius 1 is 1.42 bits per heavy atom. The van der Waals surface area contributed by atoms with Gasteiger partial charge in [-0.3, -0.25) is 4.79 Å². The molecule has 2 aromatic rings. The fraction of sp³-hybridized carbons (Fsp3) is 0.400. The quantitative estimate of drug-likeness (QED) is 0.837. The van der Waals surface area contributed by atoms with Gasteiger partial charge < -0.3 is 15.0 Å². The standard InChI is InChI=1S/C15H20N2O2/c1-17-10-11(13-5-3-4-6-14(13)17)9-12(16)7-8-15(18)19-2/h3-6,10,12H,7-9,16H2,1-2H3. The van der Waals surface area contributed by atoms with Crippen LogP contribution in [0.1, 0.15) is 18.4 Å². The summed E-state index contributed by atoms with van der Waals surface area (Å²) < 4.78 is 6.74. The zero-order valence-electron chi connectivity index (χ0n) is 11.4. The molecule has 0 aliphatic carbocycles. The van der Waals surface area contributed by atoms with E-state index in [-0.39, 0.29) is 12.0 Å². The van der Waals surface area contributed by atoms with Crippen molar-refractivity contribution in [2.45, 2.75) is 25.3 Å². The zero-order chi connectivity index (χ0) is 13.8. The molecule has 19 heavy (non-hydrogen) atoms. The van der Waals surface area contributed by atoms with Gasteiger partial charge in [-0.05, 0) is 24.5 Å². The van der Waals surface area contributed by atoms with Gasteiger partial charge in [-0.15, -0.1) is 0 Å². The van der Waals surface area contributed by atoms with Crippen LogP contribution in [-0.4, -0.2) is 23.7 Å². The van der Waals surface area contributed by atoms with Gasteiger partial charge in [-0.25, -0.2) is 0 Å². The molecular weight excluding hydrogens is 240 g/mol. The second-order valence-corrected chi connectivity index (χ2v) is 4.86. The lowest BCUT2D eigenvalue weighted by molar-refractivity contribution is -0.140. The third kappa shape index (κ3) is 3.15. The number of ether oxygens (including phenoxy) is 1. The number of methoxy groups -OCH3 is 1. The number of aromatic nitrogens is 1. The van der Waals surface area contributed by atoms with Crippen LogP contribution in [-0.2, 0) is 23.0 Å². The van der Waals surface area contributed by atoms with Crippen molar-refractivity contribution in [3.05, 3.63) is 36.0 Å². The molecule has 2 rings (SSSR count). The average molecular weight is 260 g/mol. The lowest BCUT2D eigenvalue weighted by Gasteiger charge is -2.09. The number of carbonyl (C=O) groups excluding carboxylic acids is 1. The summed E-state index contributed by atoms with van der Waals surface area (Å²) in [7, 11) is 3.43. The van der Waals surface area contributed by atoms with Crippen molar-refractivity contribution < 1.29 is 9.53 Å². The van der Waals surface area contributed by atoms with Crippen LogP contribution in [0, 0.1) is 0 Å². The van der Waals surface area contributed by atoms with E-state index >= 15 is 0 Å². The normalized spacial score (nSPS) is 12.6. The second-order valence-electron chi connectivity index (χ2n) is 4.86. The molecule has 0 fully saturated rings. The number of para-hydroxylation sites is 1. The molecule has 0 aliphatic heterocycles. The maximum atomic E-state index is 11.1. The van der Waals surface area contributed by atoms with E-state index in [1.54, 1.807) is 0 Å². The Balaban J connectivity index is 2.07. The molecule has 0 amide bonds. The second kappa shape index (κ2) is 5.89. The summed E-state index contributed by atoms with van der Waals surface area (Å²) in [6.07, 6.45) is 3.92.